The number of nitrogens with zero attached hydrogens (tertiary/aromatic N) is 1. The van der Waals surface area contributed by atoms with E-state index in [0.29, 0.717) is 34.6 Å². The number of aromatic nitrogens is 1. The fraction of sp³-hybridized carbons (Fsp3) is 0.207. The summed E-state index contributed by atoms with van der Waals surface area (Å²) in [7, 11) is 1.61. The third-order valence-corrected chi connectivity index (χ3v) is 6.78. The number of halogens is 1. The minimum Gasteiger partial charge on any atom is -0.497 e. The van der Waals surface area contributed by atoms with Gasteiger partial charge in [0.15, 0.2) is 5.78 Å². The van der Waals surface area contributed by atoms with E-state index in [9.17, 15) is 9.59 Å². The second kappa shape index (κ2) is 9.77. The fourth-order valence-corrected chi connectivity index (χ4v) is 5.09. The van der Waals surface area contributed by atoms with Crippen molar-refractivity contribution in [3.63, 3.8) is 0 Å². The number of ether oxygens (including phenoxy) is 1. The molecule has 0 bridgehead atoms. The number of allylic oxidation sites excluding steroid dienone is 3. The highest BCUT2D eigenvalue weighted by atomic mass is 19.1. The van der Waals surface area contributed by atoms with Crippen LogP contribution in [-0.2, 0) is 9.59 Å². The lowest BCUT2D eigenvalue weighted by atomic mass is 9.71. The van der Waals surface area contributed by atoms with Crippen LogP contribution >= 0.6 is 0 Å². The van der Waals surface area contributed by atoms with E-state index in [1.807, 2.05) is 24.3 Å². The Morgan fingerprint density at radius 1 is 1.06 bits per heavy atom. The molecule has 36 heavy (non-hydrogen) atoms. The smallest absolute Gasteiger partial charge is 0.255 e. The molecule has 182 valence electrons. The third kappa shape index (κ3) is 4.40. The normalized spacial score (nSPS) is 19.5. The summed E-state index contributed by atoms with van der Waals surface area (Å²) in [5.74, 6) is -0.722. The molecule has 2 unspecified atom stereocenters. The lowest BCUT2D eigenvalue weighted by Crippen LogP contribution is -2.37. The number of nitrogens with one attached hydrogen (secondary N) is 2. The van der Waals surface area contributed by atoms with Gasteiger partial charge in [-0.15, -0.1) is 0 Å². The minimum atomic E-state index is -0.824. The molecule has 7 heteroatoms. The van der Waals surface area contributed by atoms with Crippen molar-refractivity contribution in [2.24, 2.45) is 0 Å². The zero-order chi connectivity index (χ0) is 25.2. The molecule has 1 amide bonds. The summed E-state index contributed by atoms with van der Waals surface area (Å²) in [6.07, 6.45) is 2.42. The molecule has 0 fully saturated rings. The maximum atomic E-state index is 15.1. The molecule has 0 spiro atoms. The molecule has 2 aliphatic rings. The largest absolute Gasteiger partial charge is 0.497 e. The fourth-order valence-electron chi connectivity index (χ4n) is 5.09. The van der Waals surface area contributed by atoms with Gasteiger partial charge in [-0.2, -0.15) is 0 Å². The minimum absolute atomic E-state index is 0.0346. The van der Waals surface area contributed by atoms with Crippen molar-refractivity contribution in [2.75, 3.05) is 12.4 Å². The van der Waals surface area contributed by atoms with E-state index in [1.54, 1.807) is 56.6 Å². The highest BCUT2D eigenvalue weighted by molar-refractivity contribution is 6.09. The number of dihydropyridines is 1. The number of rotatable bonds is 5. The van der Waals surface area contributed by atoms with Gasteiger partial charge in [0.05, 0.1) is 7.11 Å². The Labute approximate surface area is 208 Å². The van der Waals surface area contributed by atoms with Gasteiger partial charge in [0.25, 0.3) is 5.91 Å². The first-order valence-electron chi connectivity index (χ1n) is 11.8. The van der Waals surface area contributed by atoms with Crippen LogP contribution in [0.1, 0.15) is 42.7 Å². The Morgan fingerprint density at radius 2 is 1.81 bits per heavy atom. The second-order valence-electron chi connectivity index (χ2n) is 8.98. The molecule has 3 aromatic rings. The number of methoxy groups -OCH3 is 1. The Balaban J connectivity index is 1.55. The monoisotopic (exact) mass is 483 g/mol. The van der Waals surface area contributed by atoms with E-state index < -0.39 is 17.6 Å². The highest BCUT2D eigenvalue weighted by Gasteiger charge is 2.41. The predicted octanol–water partition coefficient (Wildman–Crippen LogP) is 5.23. The summed E-state index contributed by atoms with van der Waals surface area (Å²) in [6, 6.07) is 19.2. The summed E-state index contributed by atoms with van der Waals surface area (Å²) < 4.78 is 20.4. The number of benzene rings is 2. The van der Waals surface area contributed by atoms with E-state index in [4.69, 9.17) is 4.74 Å². The maximum absolute atomic E-state index is 15.1. The number of carbonyl (C=O) groups excluding carboxylic acids is 2. The molecule has 0 radical (unpaired) electrons. The van der Waals surface area contributed by atoms with E-state index in [2.05, 4.69) is 15.6 Å². The van der Waals surface area contributed by atoms with E-state index in [0.717, 1.165) is 17.0 Å². The first-order valence-corrected chi connectivity index (χ1v) is 11.8. The number of anilines is 1. The van der Waals surface area contributed by atoms with Gasteiger partial charge < -0.3 is 15.4 Å². The van der Waals surface area contributed by atoms with Crippen molar-refractivity contribution in [1.29, 1.82) is 0 Å². The standard InChI is InChI=1S/C29H26FN3O3/c1-17-26(29(35)33-25-9-5-6-14-31-25)27(21-7-3-4-8-22(21)30)28-23(32-17)15-19(16-24(28)34)18-10-12-20(36-2)13-11-18/h3-14,19,27,32H,15-16H2,1-2H3,(H,31,33,35). The highest BCUT2D eigenvalue weighted by Crippen LogP contribution is 2.46. The van der Waals surface area contributed by atoms with Gasteiger partial charge in [0, 0.05) is 46.6 Å². The molecular weight excluding hydrogens is 457 g/mol. The molecule has 1 aromatic heterocycles. The van der Waals surface area contributed by atoms with Crippen molar-refractivity contribution in [3.8, 4) is 5.75 Å². The number of hydrogen-bond donors (Lipinski definition) is 2. The van der Waals surface area contributed by atoms with Gasteiger partial charge >= 0.3 is 0 Å². The van der Waals surface area contributed by atoms with Gasteiger partial charge in [0.2, 0.25) is 0 Å². The molecule has 0 saturated heterocycles. The second-order valence-corrected chi connectivity index (χ2v) is 8.98. The zero-order valence-corrected chi connectivity index (χ0v) is 20.0. The number of ketones is 1. The van der Waals surface area contributed by atoms with Crippen molar-refractivity contribution in [3.05, 3.63) is 112 Å². The Bertz CT molecular complexity index is 1380. The first kappa shape index (κ1) is 23.5. The lowest BCUT2D eigenvalue weighted by molar-refractivity contribution is -0.116. The van der Waals surface area contributed by atoms with Crippen LogP contribution in [0.15, 0.2) is 95.5 Å². The van der Waals surface area contributed by atoms with Gasteiger partial charge in [-0.25, -0.2) is 9.37 Å². The van der Waals surface area contributed by atoms with Crippen LogP contribution in [0.5, 0.6) is 5.75 Å². The van der Waals surface area contributed by atoms with Crippen molar-refractivity contribution >= 4 is 17.5 Å². The van der Waals surface area contributed by atoms with Gasteiger partial charge in [-0.1, -0.05) is 36.4 Å². The Morgan fingerprint density at radius 3 is 2.50 bits per heavy atom. The third-order valence-electron chi connectivity index (χ3n) is 6.78. The Kier molecular flexibility index (Phi) is 6.38. The van der Waals surface area contributed by atoms with E-state index in [1.165, 1.54) is 6.07 Å². The molecule has 2 N–H and O–H groups in total. The molecule has 5 rings (SSSR count). The molecule has 2 aromatic carbocycles. The SMILES string of the molecule is COc1ccc(C2CC(=O)C3=C(C2)NC(C)=C(C(=O)Nc2ccccn2)C3c2ccccc2F)cc1. The molecule has 1 aliphatic carbocycles. The van der Waals surface area contributed by atoms with Gasteiger partial charge in [-0.3, -0.25) is 9.59 Å². The van der Waals surface area contributed by atoms with Crippen LogP contribution in [-0.4, -0.2) is 23.8 Å². The quantitative estimate of drug-likeness (QED) is 0.520. The predicted molar refractivity (Wildman–Crippen MR) is 135 cm³/mol. The van der Waals surface area contributed by atoms with Crippen molar-refractivity contribution < 1.29 is 18.7 Å². The zero-order valence-electron chi connectivity index (χ0n) is 20.0. The number of pyridine rings is 1. The molecule has 2 atom stereocenters. The summed E-state index contributed by atoms with van der Waals surface area (Å²) in [4.78, 5) is 31.3. The summed E-state index contributed by atoms with van der Waals surface area (Å²) in [5.41, 5.74) is 3.39. The summed E-state index contributed by atoms with van der Waals surface area (Å²) in [6.45, 7) is 1.78. The first-order chi connectivity index (χ1) is 17.5. The number of carbonyl (C=O) groups is 2. The average molecular weight is 484 g/mol. The van der Waals surface area contributed by atoms with E-state index >= 15 is 4.39 Å². The topological polar surface area (TPSA) is 80.3 Å². The van der Waals surface area contributed by atoms with Crippen molar-refractivity contribution in [2.45, 2.75) is 31.6 Å². The molecule has 6 nitrogen and oxygen atoms in total. The molecule has 1 aliphatic heterocycles. The molecular formula is C29H26FN3O3. The van der Waals surface area contributed by atoms with Crippen LogP contribution in [0.25, 0.3) is 0 Å². The van der Waals surface area contributed by atoms with Crippen LogP contribution < -0.4 is 15.4 Å². The average Bonchev–Trinajstić information content (AvgIpc) is 2.88. The maximum Gasteiger partial charge on any atom is 0.255 e. The van der Waals surface area contributed by atoms with Crippen LogP contribution in [0.2, 0.25) is 0 Å². The van der Waals surface area contributed by atoms with Crippen LogP contribution in [0, 0.1) is 5.82 Å². The number of amides is 1. The molecule has 2 heterocycles. The summed E-state index contributed by atoms with van der Waals surface area (Å²) >= 11 is 0. The number of Topliss-reactive ketones (excluding diaryl/α,β-unsaturated/α-hetero) is 1. The van der Waals surface area contributed by atoms with Gasteiger partial charge in [-0.05, 0) is 55.2 Å². The Hall–Kier alpha value is -4.26. The van der Waals surface area contributed by atoms with E-state index in [-0.39, 0.29) is 18.1 Å². The lowest BCUT2D eigenvalue weighted by Gasteiger charge is -2.37. The summed E-state index contributed by atoms with van der Waals surface area (Å²) in [5, 5.41) is 6.12. The van der Waals surface area contributed by atoms with Crippen LogP contribution in [0.3, 0.4) is 0 Å². The van der Waals surface area contributed by atoms with Crippen molar-refractivity contribution in [1.82, 2.24) is 10.3 Å². The van der Waals surface area contributed by atoms with Crippen LogP contribution in [0.4, 0.5) is 10.2 Å². The van der Waals surface area contributed by atoms with Gasteiger partial charge in [0.1, 0.15) is 17.4 Å². The molecule has 0 saturated carbocycles. The number of hydrogen-bond acceptors (Lipinski definition) is 5.